The van der Waals surface area contributed by atoms with Crippen LogP contribution in [0.5, 0.6) is 11.5 Å². The molecule has 8 nitrogen and oxygen atoms in total. The number of rotatable bonds is 10. The first kappa shape index (κ1) is 33.4. The van der Waals surface area contributed by atoms with Gasteiger partial charge in [-0.3, -0.25) is 4.79 Å². The smallest absolute Gasteiger partial charge is 0.255 e. The molecule has 48 heavy (non-hydrogen) atoms. The number of carbonyl (C=O) groups excluding carboxylic acids is 1. The van der Waals surface area contributed by atoms with E-state index in [0.29, 0.717) is 55.9 Å². The van der Waals surface area contributed by atoms with E-state index in [1.165, 1.54) is 31.0 Å². The molecule has 1 atom stereocenters. The number of nitrogens with zero attached hydrogens (tertiary/aromatic N) is 3. The Morgan fingerprint density at radius 2 is 1.79 bits per heavy atom. The van der Waals surface area contributed by atoms with Crippen LogP contribution in [0.3, 0.4) is 0 Å². The van der Waals surface area contributed by atoms with Crippen molar-refractivity contribution in [1.29, 1.82) is 0 Å². The summed E-state index contributed by atoms with van der Waals surface area (Å²) in [5.74, 6) is 1.06. The predicted octanol–water partition coefficient (Wildman–Crippen LogP) is 9.15. The van der Waals surface area contributed by atoms with Crippen molar-refractivity contribution in [1.82, 2.24) is 14.8 Å². The third kappa shape index (κ3) is 7.01. The van der Waals surface area contributed by atoms with Crippen molar-refractivity contribution < 1.29 is 18.7 Å². The number of ether oxygens (including phenoxy) is 2. The van der Waals surface area contributed by atoms with E-state index in [1.54, 1.807) is 22.9 Å². The summed E-state index contributed by atoms with van der Waals surface area (Å²) in [4.78, 5) is 18.9. The topological polar surface area (TPSA) is 90.3 Å². The Bertz CT molecular complexity index is 2030. The van der Waals surface area contributed by atoms with Crippen LogP contribution in [-0.2, 0) is 17.2 Å². The highest BCUT2D eigenvalue weighted by Crippen LogP contribution is 2.40. The van der Waals surface area contributed by atoms with Crippen molar-refractivity contribution in [2.75, 3.05) is 17.7 Å². The van der Waals surface area contributed by atoms with Gasteiger partial charge >= 0.3 is 0 Å². The summed E-state index contributed by atoms with van der Waals surface area (Å²) in [5.41, 5.74) is 5.71. The van der Waals surface area contributed by atoms with Crippen LogP contribution in [0.1, 0.15) is 40.8 Å². The first-order valence-corrected chi connectivity index (χ1v) is 16.8. The van der Waals surface area contributed by atoms with Crippen molar-refractivity contribution in [3.8, 4) is 11.5 Å². The van der Waals surface area contributed by atoms with Crippen LogP contribution < -0.4 is 20.1 Å². The molecule has 4 aromatic carbocycles. The minimum Gasteiger partial charge on any atom is -0.493 e. The highest BCUT2D eigenvalue weighted by molar-refractivity contribution is 7.98. The summed E-state index contributed by atoms with van der Waals surface area (Å²) in [6, 6.07) is 22.6. The van der Waals surface area contributed by atoms with E-state index in [1.807, 2.05) is 69.3 Å². The number of hydrogen-bond acceptors (Lipinski definition) is 7. The molecule has 12 heteroatoms. The third-order valence-electron chi connectivity index (χ3n) is 7.96. The average molecular weight is 705 g/mol. The molecule has 246 valence electrons. The zero-order valence-electron chi connectivity index (χ0n) is 26.6. The van der Waals surface area contributed by atoms with Crippen LogP contribution in [0.25, 0.3) is 0 Å². The lowest BCUT2D eigenvalue weighted by atomic mass is 9.94. The molecule has 0 saturated carbocycles. The largest absolute Gasteiger partial charge is 0.493 e. The van der Waals surface area contributed by atoms with Gasteiger partial charge < -0.3 is 20.1 Å². The summed E-state index contributed by atoms with van der Waals surface area (Å²) < 4.78 is 27.8. The molecule has 1 aromatic heterocycles. The van der Waals surface area contributed by atoms with E-state index < -0.39 is 11.9 Å². The predicted molar refractivity (Wildman–Crippen MR) is 189 cm³/mol. The quantitative estimate of drug-likeness (QED) is 0.140. The van der Waals surface area contributed by atoms with E-state index in [2.05, 4.69) is 10.6 Å². The zero-order valence-corrected chi connectivity index (χ0v) is 28.9. The van der Waals surface area contributed by atoms with Crippen LogP contribution in [0.2, 0.25) is 10.0 Å². The molecular weight excluding hydrogens is 672 g/mol. The van der Waals surface area contributed by atoms with Crippen molar-refractivity contribution in [3.63, 3.8) is 0 Å². The standard InChI is InChI=1S/C36H32Cl2FN5O3S/c1-20-12-14-29(21(2)16-20)41-34(45)32-22(3)40-35-42-36(48-19-24-8-5-6-9-26(24)37)43-44(35)33(32)23-13-15-30(31(17-23)46-4)47-18-25-27(38)10-7-11-28(25)39/h5-17,33H,18-19H2,1-4H3,(H,41,45)(H,40,42,43). The molecule has 5 aromatic rings. The molecule has 1 unspecified atom stereocenters. The molecule has 2 heterocycles. The van der Waals surface area contributed by atoms with Gasteiger partial charge in [-0.15, -0.1) is 5.10 Å². The van der Waals surface area contributed by atoms with Gasteiger partial charge in [-0.1, -0.05) is 83.0 Å². The highest BCUT2D eigenvalue weighted by atomic mass is 35.5. The lowest BCUT2D eigenvalue weighted by molar-refractivity contribution is -0.113. The fourth-order valence-electron chi connectivity index (χ4n) is 5.49. The second-order valence-electron chi connectivity index (χ2n) is 11.3. The molecule has 0 saturated heterocycles. The second kappa shape index (κ2) is 14.3. The Labute approximate surface area is 292 Å². The molecule has 6 rings (SSSR count). The molecular formula is C36H32Cl2FN5O3S. The van der Waals surface area contributed by atoms with E-state index in [0.717, 1.165) is 16.7 Å². The maximum Gasteiger partial charge on any atom is 0.255 e. The van der Waals surface area contributed by atoms with Crippen LogP contribution in [0.4, 0.5) is 16.0 Å². The van der Waals surface area contributed by atoms with Gasteiger partial charge in [0.1, 0.15) is 18.5 Å². The fourth-order valence-corrected chi connectivity index (χ4v) is 6.82. The summed E-state index contributed by atoms with van der Waals surface area (Å²) in [6.07, 6.45) is 0. The van der Waals surface area contributed by atoms with Gasteiger partial charge in [-0.05, 0) is 73.9 Å². The van der Waals surface area contributed by atoms with Crippen LogP contribution in [0.15, 0.2) is 95.3 Å². The molecule has 2 N–H and O–H groups in total. The highest BCUT2D eigenvalue weighted by Gasteiger charge is 2.35. The lowest BCUT2D eigenvalue weighted by Crippen LogP contribution is -2.31. The monoisotopic (exact) mass is 703 g/mol. The summed E-state index contributed by atoms with van der Waals surface area (Å²) in [7, 11) is 1.52. The first-order chi connectivity index (χ1) is 23.1. The SMILES string of the molecule is COc1cc(C2C(C(=O)Nc3ccc(C)cc3C)=C(C)Nc3nc(SCc4ccccc4Cl)nn32)ccc1OCc1c(F)cccc1Cl. The number of nitrogens with one attached hydrogen (secondary N) is 2. The maximum absolute atomic E-state index is 14.4. The summed E-state index contributed by atoms with van der Waals surface area (Å²) in [6.45, 7) is 5.70. The van der Waals surface area contributed by atoms with Gasteiger partial charge in [0, 0.05) is 27.7 Å². The van der Waals surface area contributed by atoms with Crippen molar-refractivity contribution in [2.45, 2.75) is 44.3 Å². The van der Waals surface area contributed by atoms with Crippen molar-refractivity contribution in [3.05, 3.63) is 134 Å². The fraction of sp³-hybridized carbons (Fsp3) is 0.194. The number of amides is 1. The van der Waals surface area contributed by atoms with E-state index in [-0.39, 0.29) is 23.1 Å². The van der Waals surface area contributed by atoms with E-state index >= 15 is 0 Å². The van der Waals surface area contributed by atoms with Gasteiger partial charge in [-0.25, -0.2) is 9.07 Å². The minimum absolute atomic E-state index is 0.101. The molecule has 0 bridgehead atoms. The molecule has 0 radical (unpaired) electrons. The van der Waals surface area contributed by atoms with Crippen LogP contribution >= 0.6 is 35.0 Å². The Kier molecular flexibility index (Phi) is 9.96. The molecule has 1 aliphatic heterocycles. The number of aryl methyl sites for hydroxylation is 2. The van der Waals surface area contributed by atoms with E-state index in [4.69, 9.17) is 42.8 Å². The molecule has 0 spiro atoms. The Balaban J connectivity index is 1.36. The molecule has 1 amide bonds. The number of benzene rings is 4. The Morgan fingerprint density at radius 1 is 1.00 bits per heavy atom. The molecule has 0 fully saturated rings. The number of hydrogen-bond donors (Lipinski definition) is 2. The maximum atomic E-state index is 14.4. The van der Waals surface area contributed by atoms with Gasteiger partial charge in [-0.2, -0.15) is 4.98 Å². The zero-order chi connectivity index (χ0) is 33.9. The second-order valence-corrected chi connectivity index (χ2v) is 13.0. The number of aromatic nitrogens is 3. The summed E-state index contributed by atoms with van der Waals surface area (Å²) in [5, 5.41) is 12.7. The number of halogens is 3. The number of carbonyl (C=O) groups is 1. The van der Waals surface area contributed by atoms with E-state index in [9.17, 15) is 9.18 Å². The van der Waals surface area contributed by atoms with Gasteiger partial charge in [0.2, 0.25) is 11.1 Å². The Morgan fingerprint density at radius 3 is 2.54 bits per heavy atom. The number of allylic oxidation sites excluding steroid dienone is 1. The Hall–Kier alpha value is -4.51. The van der Waals surface area contributed by atoms with Gasteiger partial charge in [0.05, 0.1) is 17.7 Å². The number of thioether (sulfide) groups is 1. The van der Waals surface area contributed by atoms with Crippen LogP contribution in [0, 0.1) is 19.7 Å². The lowest BCUT2D eigenvalue weighted by Gasteiger charge is -2.29. The normalized spacial score (nSPS) is 13.9. The summed E-state index contributed by atoms with van der Waals surface area (Å²) >= 11 is 14.1. The van der Waals surface area contributed by atoms with Gasteiger partial charge in [0.15, 0.2) is 11.5 Å². The number of anilines is 2. The number of methoxy groups -OCH3 is 1. The van der Waals surface area contributed by atoms with Crippen molar-refractivity contribution >= 4 is 52.5 Å². The van der Waals surface area contributed by atoms with Gasteiger partial charge in [0.25, 0.3) is 5.91 Å². The minimum atomic E-state index is -0.682. The average Bonchev–Trinajstić information content (AvgIpc) is 3.47. The molecule has 1 aliphatic rings. The molecule has 0 aliphatic carbocycles. The first-order valence-electron chi connectivity index (χ1n) is 15.1. The number of fused-ring (bicyclic) bond motifs is 1. The van der Waals surface area contributed by atoms with Crippen LogP contribution in [-0.4, -0.2) is 27.8 Å². The third-order valence-corrected chi connectivity index (χ3v) is 9.57. The van der Waals surface area contributed by atoms with Crippen molar-refractivity contribution in [2.24, 2.45) is 0 Å².